The Hall–Kier alpha value is -2.10. The third-order valence-electron chi connectivity index (χ3n) is 1.86. The Balaban J connectivity index is 3.24. The van der Waals surface area contributed by atoms with Gasteiger partial charge in [0.1, 0.15) is 0 Å². The van der Waals surface area contributed by atoms with E-state index in [4.69, 9.17) is 16.2 Å². The summed E-state index contributed by atoms with van der Waals surface area (Å²) >= 11 is 0. The number of hydrazine groups is 1. The van der Waals surface area contributed by atoms with Crippen LogP contribution in [0.3, 0.4) is 0 Å². The van der Waals surface area contributed by atoms with E-state index in [0.29, 0.717) is 0 Å². The molecule has 0 aliphatic carbocycles. The van der Waals surface area contributed by atoms with Gasteiger partial charge in [0.25, 0.3) is 0 Å². The highest BCUT2D eigenvalue weighted by Crippen LogP contribution is 2.23. The van der Waals surface area contributed by atoms with Crippen LogP contribution in [0.5, 0.6) is 0 Å². The second kappa shape index (κ2) is 4.41. The van der Waals surface area contributed by atoms with Crippen molar-refractivity contribution in [3.63, 3.8) is 0 Å². The van der Waals surface area contributed by atoms with Gasteiger partial charge in [0.05, 0.1) is 17.3 Å². The molecule has 5 N–H and O–H groups in total. The summed E-state index contributed by atoms with van der Waals surface area (Å²) in [5.74, 6) is 3.74. The number of aliphatic hydroxyl groups is 1. The quantitative estimate of drug-likeness (QED) is 0.408. The highest BCUT2D eigenvalue weighted by Gasteiger charge is 2.19. The summed E-state index contributed by atoms with van der Waals surface area (Å²) < 4.78 is 0. The first-order chi connectivity index (χ1) is 7.10. The molecule has 1 atom stereocenters. The molecule has 1 aromatic rings. The first kappa shape index (κ1) is 11.0. The molecule has 0 aromatic heterocycles. The minimum atomic E-state index is -1.70. The summed E-state index contributed by atoms with van der Waals surface area (Å²) in [6, 6.07) is 6.01. The summed E-state index contributed by atoms with van der Waals surface area (Å²) in [6.45, 7) is 0. The van der Waals surface area contributed by atoms with Gasteiger partial charge in [0, 0.05) is 5.56 Å². The molecule has 0 radical (unpaired) electrons. The van der Waals surface area contributed by atoms with E-state index in [1.54, 1.807) is 0 Å². The van der Waals surface area contributed by atoms with Crippen LogP contribution in [0.4, 0.5) is 5.69 Å². The second-order valence-electron chi connectivity index (χ2n) is 2.80. The minimum Gasteiger partial charge on any atom is -0.479 e. The predicted molar refractivity (Wildman–Crippen MR) is 51.6 cm³/mol. The zero-order chi connectivity index (χ0) is 11.4. The molecule has 78 valence electrons. The van der Waals surface area contributed by atoms with Crippen molar-refractivity contribution in [2.24, 2.45) is 5.84 Å². The maximum Gasteiger partial charge on any atom is 0.337 e. The average molecular weight is 207 g/mol. The van der Waals surface area contributed by atoms with Crippen LogP contribution in [0, 0.1) is 11.3 Å². The molecule has 0 spiro atoms. The van der Waals surface area contributed by atoms with Gasteiger partial charge in [-0.05, 0) is 18.2 Å². The number of aliphatic carboxylic acids is 1. The fourth-order valence-electron chi connectivity index (χ4n) is 1.12. The van der Waals surface area contributed by atoms with Gasteiger partial charge >= 0.3 is 5.97 Å². The molecule has 0 fully saturated rings. The third kappa shape index (κ3) is 2.22. The van der Waals surface area contributed by atoms with Crippen LogP contribution in [-0.2, 0) is 4.79 Å². The van der Waals surface area contributed by atoms with Crippen LogP contribution in [0.25, 0.3) is 0 Å². The van der Waals surface area contributed by atoms with Gasteiger partial charge in [0.15, 0.2) is 6.10 Å². The standard InChI is InChI=1S/C9H9N3O3/c10-4-5-1-2-7(12-11)6(3-5)8(13)9(14)15/h1-3,8,12-13H,11H2,(H,14,15). The molecule has 0 amide bonds. The number of nitrogens with zero attached hydrogens (tertiary/aromatic N) is 1. The smallest absolute Gasteiger partial charge is 0.337 e. The Kier molecular flexibility index (Phi) is 3.23. The van der Waals surface area contributed by atoms with Crippen molar-refractivity contribution in [2.75, 3.05) is 5.43 Å². The molecule has 6 nitrogen and oxygen atoms in total. The number of nitrogens with two attached hydrogens (primary N) is 1. The molecule has 6 heteroatoms. The van der Waals surface area contributed by atoms with Crippen LogP contribution in [0.2, 0.25) is 0 Å². The number of benzene rings is 1. The van der Waals surface area contributed by atoms with Crippen molar-refractivity contribution in [2.45, 2.75) is 6.10 Å². The maximum absolute atomic E-state index is 10.6. The van der Waals surface area contributed by atoms with E-state index in [1.807, 2.05) is 6.07 Å². The Bertz CT molecular complexity index is 425. The highest BCUT2D eigenvalue weighted by molar-refractivity contribution is 5.77. The first-order valence-electron chi connectivity index (χ1n) is 4.01. The second-order valence-corrected chi connectivity index (χ2v) is 2.80. The van der Waals surface area contributed by atoms with Crippen molar-refractivity contribution in [1.82, 2.24) is 0 Å². The number of carbonyl (C=O) groups is 1. The number of nitrogen functional groups attached to an aromatic ring is 1. The molecular weight excluding hydrogens is 198 g/mol. The summed E-state index contributed by atoms with van der Waals surface area (Å²) in [5, 5.41) is 26.6. The molecule has 1 rings (SSSR count). The van der Waals surface area contributed by atoms with Crippen LogP contribution in [0.1, 0.15) is 17.2 Å². The average Bonchev–Trinajstić information content (AvgIpc) is 2.27. The van der Waals surface area contributed by atoms with Crippen molar-refractivity contribution >= 4 is 11.7 Å². The largest absolute Gasteiger partial charge is 0.479 e. The molecule has 0 saturated carbocycles. The molecule has 0 heterocycles. The number of carboxylic acid groups (broad SMARTS) is 1. The fraction of sp³-hybridized carbons (Fsp3) is 0.111. The Morgan fingerprint density at radius 1 is 1.60 bits per heavy atom. The lowest BCUT2D eigenvalue weighted by molar-refractivity contribution is -0.146. The van der Waals surface area contributed by atoms with E-state index in [0.717, 1.165) is 0 Å². The zero-order valence-electron chi connectivity index (χ0n) is 7.64. The van der Waals surface area contributed by atoms with Crippen molar-refractivity contribution in [3.05, 3.63) is 29.3 Å². The summed E-state index contributed by atoms with van der Waals surface area (Å²) in [4.78, 5) is 10.6. The molecule has 0 aliphatic heterocycles. The number of anilines is 1. The van der Waals surface area contributed by atoms with Gasteiger partial charge in [0.2, 0.25) is 0 Å². The van der Waals surface area contributed by atoms with E-state index in [1.165, 1.54) is 18.2 Å². The van der Waals surface area contributed by atoms with Crippen LogP contribution in [-0.4, -0.2) is 16.2 Å². The number of aliphatic hydroxyl groups excluding tert-OH is 1. The van der Waals surface area contributed by atoms with Gasteiger partial charge < -0.3 is 15.6 Å². The van der Waals surface area contributed by atoms with Crippen LogP contribution >= 0.6 is 0 Å². The monoisotopic (exact) mass is 207 g/mol. The number of nitrogens with one attached hydrogen (secondary N) is 1. The van der Waals surface area contributed by atoms with Crippen molar-refractivity contribution in [3.8, 4) is 6.07 Å². The molecule has 1 aromatic carbocycles. The molecule has 1 unspecified atom stereocenters. The SMILES string of the molecule is N#Cc1ccc(NN)c(C(O)C(=O)O)c1. The fourth-order valence-corrected chi connectivity index (χ4v) is 1.12. The van der Waals surface area contributed by atoms with Crippen LogP contribution in [0.15, 0.2) is 18.2 Å². The number of carboxylic acids is 1. The normalized spacial score (nSPS) is 11.5. The minimum absolute atomic E-state index is 0.0593. The summed E-state index contributed by atoms with van der Waals surface area (Å²) in [7, 11) is 0. The molecule has 0 saturated heterocycles. The highest BCUT2D eigenvalue weighted by atomic mass is 16.4. The maximum atomic E-state index is 10.6. The Morgan fingerprint density at radius 3 is 2.73 bits per heavy atom. The van der Waals surface area contributed by atoms with E-state index < -0.39 is 12.1 Å². The van der Waals surface area contributed by atoms with E-state index in [2.05, 4.69) is 5.43 Å². The Morgan fingerprint density at radius 2 is 2.27 bits per heavy atom. The molecule has 0 aliphatic rings. The molecule has 15 heavy (non-hydrogen) atoms. The van der Waals surface area contributed by atoms with E-state index >= 15 is 0 Å². The van der Waals surface area contributed by atoms with E-state index in [-0.39, 0.29) is 16.8 Å². The van der Waals surface area contributed by atoms with Gasteiger partial charge in [-0.3, -0.25) is 5.84 Å². The lowest BCUT2D eigenvalue weighted by Crippen LogP contribution is -2.16. The lowest BCUT2D eigenvalue weighted by atomic mass is 10.0. The third-order valence-corrected chi connectivity index (χ3v) is 1.86. The summed E-state index contributed by atoms with van der Waals surface area (Å²) in [6.07, 6.45) is -1.70. The number of hydrogen-bond acceptors (Lipinski definition) is 5. The molecule has 0 bridgehead atoms. The molecular formula is C9H9N3O3. The first-order valence-corrected chi connectivity index (χ1v) is 4.01. The lowest BCUT2D eigenvalue weighted by Gasteiger charge is -2.11. The summed E-state index contributed by atoms with van der Waals surface area (Å²) in [5.41, 5.74) is 2.83. The van der Waals surface area contributed by atoms with Gasteiger partial charge in [-0.1, -0.05) is 0 Å². The predicted octanol–water partition coefficient (Wildman–Crippen LogP) is -0.0381. The van der Waals surface area contributed by atoms with Crippen molar-refractivity contribution in [1.29, 1.82) is 5.26 Å². The van der Waals surface area contributed by atoms with Gasteiger partial charge in [-0.25, -0.2) is 4.79 Å². The van der Waals surface area contributed by atoms with Gasteiger partial charge in [-0.2, -0.15) is 5.26 Å². The number of hydrogen-bond donors (Lipinski definition) is 4. The van der Waals surface area contributed by atoms with E-state index in [9.17, 15) is 9.90 Å². The number of nitriles is 1. The number of rotatable bonds is 3. The van der Waals surface area contributed by atoms with Crippen molar-refractivity contribution < 1.29 is 15.0 Å². The van der Waals surface area contributed by atoms with Crippen LogP contribution < -0.4 is 11.3 Å². The Labute approximate surface area is 85.5 Å². The topological polar surface area (TPSA) is 119 Å². The van der Waals surface area contributed by atoms with Gasteiger partial charge in [-0.15, -0.1) is 0 Å². The zero-order valence-corrected chi connectivity index (χ0v) is 7.64.